The molecule has 5 heteroatoms. The van der Waals surface area contributed by atoms with E-state index in [-0.39, 0.29) is 0 Å². The van der Waals surface area contributed by atoms with Crippen LogP contribution >= 0.6 is 0 Å². The molecule has 0 saturated carbocycles. The van der Waals surface area contributed by atoms with E-state index < -0.39 is 0 Å². The highest BCUT2D eigenvalue weighted by molar-refractivity contribution is 5.96. The average molecular weight is 356 g/mol. The van der Waals surface area contributed by atoms with Crippen molar-refractivity contribution in [3.05, 3.63) is 66.5 Å². The van der Waals surface area contributed by atoms with E-state index in [9.17, 15) is 0 Å². The van der Waals surface area contributed by atoms with Gasteiger partial charge < -0.3 is 10.1 Å². The lowest BCUT2D eigenvalue weighted by atomic mass is 9.97. The van der Waals surface area contributed by atoms with Crippen LogP contribution in [-0.4, -0.2) is 29.1 Å². The Morgan fingerprint density at radius 1 is 0.926 bits per heavy atom. The molecule has 5 nitrogen and oxygen atoms in total. The summed E-state index contributed by atoms with van der Waals surface area (Å²) in [5, 5.41) is 4.18. The Morgan fingerprint density at radius 2 is 1.78 bits per heavy atom. The molecule has 27 heavy (non-hydrogen) atoms. The third kappa shape index (κ3) is 2.97. The lowest BCUT2D eigenvalue weighted by Gasteiger charge is -2.15. The van der Waals surface area contributed by atoms with E-state index in [2.05, 4.69) is 40.4 Å². The molecule has 0 spiro atoms. The first-order valence-electron chi connectivity index (χ1n) is 8.76. The number of aromatic nitrogens is 3. The van der Waals surface area contributed by atoms with Crippen molar-refractivity contribution in [1.29, 1.82) is 0 Å². The van der Waals surface area contributed by atoms with E-state index in [0.29, 0.717) is 5.82 Å². The zero-order valence-electron chi connectivity index (χ0n) is 15.5. The monoisotopic (exact) mass is 356 g/mol. The van der Waals surface area contributed by atoms with Gasteiger partial charge in [0.05, 0.1) is 12.6 Å². The largest absolute Gasteiger partial charge is 0.496 e. The molecular weight excluding hydrogens is 336 g/mol. The van der Waals surface area contributed by atoms with Gasteiger partial charge in [0.15, 0.2) is 5.82 Å². The molecule has 2 aromatic carbocycles. The maximum atomic E-state index is 5.55. The first kappa shape index (κ1) is 17.0. The average Bonchev–Trinajstić information content (AvgIpc) is 2.74. The maximum Gasteiger partial charge on any atom is 0.163 e. The van der Waals surface area contributed by atoms with E-state index in [4.69, 9.17) is 9.72 Å². The van der Waals surface area contributed by atoms with Crippen molar-refractivity contribution in [3.8, 4) is 28.3 Å². The van der Waals surface area contributed by atoms with Crippen LogP contribution in [0.15, 0.2) is 60.9 Å². The van der Waals surface area contributed by atoms with Crippen LogP contribution in [0, 0.1) is 6.92 Å². The standard InChI is InChI=1S/C22H20N4O/c1-14-16(17-8-4-5-9-19(17)27-3)10-11-18-20(14)25-21(26-22(18)23-2)15-7-6-12-24-13-15/h4-13H,1-3H3,(H,23,25,26). The summed E-state index contributed by atoms with van der Waals surface area (Å²) in [4.78, 5) is 13.7. The summed E-state index contributed by atoms with van der Waals surface area (Å²) in [5.41, 5.74) is 5.03. The summed E-state index contributed by atoms with van der Waals surface area (Å²) in [6.45, 7) is 2.09. The number of methoxy groups -OCH3 is 1. The zero-order valence-corrected chi connectivity index (χ0v) is 15.5. The second-order valence-corrected chi connectivity index (χ2v) is 6.22. The molecule has 4 rings (SSSR count). The first-order chi connectivity index (χ1) is 13.2. The molecule has 0 radical (unpaired) electrons. The van der Waals surface area contributed by atoms with Crippen LogP contribution in [0.4, 0.5) is 5.82 Å². The number of anilines is 1. The summed E-state index contributed by atoms with van der Waals surface area (Å²) >= 11 is 0. The van der Waals surface area contributed by atoms with Gasteiger partial charge in [-0.25, -0.2) is 9.97 Å². The Kier molecular flexibility index (Phi) is 4.42. The first-order valence-corrected chi connectivity index (χ1v) is 8.76. The molecule has 1 N–H and O–H groups in total. The number of nitrogens with one attached hydrogen (secondary N) is 1. The number of rotatable bonds is 4. The van der Waals surface area contributed by atoms with Gasteiger partial charge in [0.2, 0.25) is 0 Å². The van der Waals surface area contributed by atoms with Crippen LogP contribution in [0.1, 0.15) is 5.56 Å². The number of ether oxygens (including phenoxy) is 1. The van der Waals surface area contributed by atoms with Crippen LogP contribution in [0.5, 0.6) is 5.75 Å². The van der Waals surface area contributed by atoms with Gasteiger partial charge in [-0.1, -0.05) is 24.3 Å². The van der Waals surface area contributed by atoms with E-state index in [1.54, 1.807) is 19.5 Å². The highest BCUT2D eigenvalue weighted by Crippen LogP contribution is 2.36. The zero-order chi connectivity index (χ0) is 18.8. The molecule has 4 aromatic rings. The smallest absolute Gasteiger partial charge is 0.163 e. The van der Waals surface area contributed by atoms with Crippen LogP contribution < -0.4 is 10.1 Å². The Balaban J connectivity index is 1.99. The fraction of sp³-hybridized carbons (Fsp3) is 0.136. The Bertz CT molecular complexity index is 1110. The van der Waals surface area contributed by atoms with Crippen LogP contribution in [0.25, 0.3) is 33.4 Å². The van der Waals surface area contributed by atoms with E-state index in [1.165, 1.54) is 0 Å². The molecule has 0 bridgehead atoms. The van der Waals surface area contributed by atoms with Crippen LogP contribution in [-0.2, 0) is 0 Å². The van der Waals surface area contributed by atoms with Crippen molar-refractivity contribution in [2.24, 2.45) is 0 Å². The minimum atomic E-state index is 0.653. The van der Waals surface area contributed by atoms with Gasteiger partial charge in [-0.3, -0.25) is 4.98 Å². The van der Waals surface area contributed by atoms with Crippen molar-refractivity contribution in [2.75, 3.05) is 19.5 Å². The molecule has 0 amide bonds. The van der Waals surface area contributed by atoms with Crippen molar-refractivity contribution in [3.63, 3.8) is 0 Å². The lowest BCUT2D eigenvalue weighted by molar-refractivity contribution is 0.416. The molecule has 0 aliphatic rings. The van der Waals surface area contributed by atoms with Gasteiger partial charge in [-0.05, 0) is 42.3 Å². The van der Waals surface area contributed by atoms with Crippen molar-refractivity contribution >= 4 is 16.7 Å². The Labute approximate surface area is 158 Å². The summed E-state index contributed by atoms with van der Waals surface area (Å²) < 4.78 is 5.55. The summed E-state index contributed by atoms with van der Waals surface area (Å²) in [7, 11) is 3.56. The summed E-state index contributed by atoms with van der Waals surface area (Å²) in [5.74, 6) is 2.30. The van der Waals surface area contributed by atoms with Crippen molar-refractivity contribution < 1.29 is 4.74 Å². The van der Waals surface area contributed by atoms with Crippen LogP contribution in [0.2, 0.25) is 0 Å². The van der Waals surface area contributed by atoms with Gasteiger partial charge >= 0.3 is 0 Å². The highest BCUT2D eigenvalue weighted by atomic mass is 16.5. The number of aryl methyl sites for hydroxylation is 1. The Hall–Kier alpha value is -3.47. The lowest BCUT2D eigenvalue weighted by Crippen LogP contribution is -2.01. The number of fused-ring (bicyclic) bond motifs is 1. The van der Waals surface area contributed by atoms with Gasteiger partial charge in [-0.2, -0.15) is 0 Å². The van der Waals surface area contributed by atoms with E-state index >= 15 is 0 Å². The van der Waals surface area contributed by atoms with Gasteiger partial charge in [-0.15, -0.1) is 0 Å². The highest BCUT2D eigenvalue weighted by Gasteiger charge is 2.15. The number of para-hydroxylation sites is 1. The van der Waals surface area contributed by atoms with Gasteiger partial charge in [0.1, 0.15) is 11.6 Å². The maximum absolute atomic E-state index is 5.55. The number of benzene rings is 2. The summed E-state index contributed by atoms with van der Waals surface area (Å²) in [6, 6.07) is 16.0. The molecule has 0 atom stereocenters. The normalized spacial score (nSPS) is 10.8. The molecule has 2 heterocycles. The quantitative estimate of drug-likeness (QED) is 0.573. The predicted octanol–water partition coefficient (Wildman–Crippen LogP) is 4.72. The fourth-order valence-corrected chi connectivity index (χ4v) is 3.31. The number of hydrogen-bond acceptors (Lipinski definition) is 5. The minimum Gasteiger partial charge on any atom is -0.496 e. The second kappa shape index (κ2) is 7.03. The summed E-state index contributed by atoms with van der Waals surface area (Å²) in [6.07, 6.45) is 3.52. The fourth-order valence-electron chi connectivity index (χ4n) is 3.31. The number of hydrogen-bond donors (Lipinski definition) is 1. The van der Waals surface area contributed by atoms with Gasteiger partial charge in [0.25, 0.3) is 0 Å². The van der Waals surface area contributed by atoms with E-state index in [0.717, 1.165) is 44.7 Å². The molecular formula is C22H20N4O. The topological polar surface area (TPSA) is 59.9 Å². The van der Waals surface area contributed by atoms with E-state index in [1.807, 2.05) is 37.4 Å². The SMILES string of the molecule is CNc1nc(-c2cccnc2)nc2c(C)c(-c3ccccc3OC)ccc12. The Morgan fingerprint density at radius 3 is 2.52 bits per heavy atom. The van der Waals surface area contributed by atoms with Crippen LogP contribution in [0.3, 0.4) is 0 Å². The van der Waals surface area contributed by atoms with Gasteiger partial charge in [0, 0.05) is 36.0 Å². The molecule has 0 unspecified atom stereocenters. The molecule has 134 valence electrons. The third-order valence-electron chi connectivity index (χ3n) is 4.68. The molecule has 0 saturated heterocycles. The van der Waals surface area contributed by atoms with Crippen molar-refractivity contribution in [2.45, 2.75) is 6.92 Å². The predicted molar refractivity (Wildman–Crippen MR) is 109 cm³/mol. The number of nitrogens with zero attached hydrogens (tertiary/aromatic N) is 3. The minimum absolute atomic E-state index is 0.653. The molecule has 2 aromatic heterocycles. The third-order valence-corrected chi connectivity index (χ3v) is 4.68. The molecule has 0 aliphatic carbocycles. The van der Waals surface area contributed by atoms with Crippen molar-refractivity contribution in [1.82, 2.24) is 15.0 Å². The molecule has 0 aliphatic heterocycles. The number of pyridine rings is 1. The second-order valence-electron chi connectivity index (χ2n) is 6.22. The molecule has 0 fully saturated rings.